The third-order valence-corrected chi connectivity index (χ3v) is 2.77. The van der Waals surface area contributed by atoms with Crippen LogP contribution in [0.25, 0.3) is 11.1 Å². The van der Waals surface area contributed by atoms with Crippen LogP contribution in [0.15, 0.2) is 48.5 Å². The van der Waals surface area contributed by atoms with Crippen LogP contribution in [0.5, 0.6) is 0 Å². The zero-order valence-electron chi connectivity index (χ0n) is 9.62. The van der Waals surface area contributed by atoms with Crippen molar-refractivity contribution < 1.29 is 0 Å². The third kappa shape index (κ3) is 2.03. The average molecular weight is 209 g/mol. The highest BCUT2D eigenvalue weighted by Gasteiger charge is 2.01. The Morgan fingerprint density at radius 2 is 1.56 bits per heavy atom. The summed E-state index contributed by atoms with van der Waals surface area (Å²) in [6.45, 7) is 3.92. The molecular weight excluding hydrogens is 194 g/mol. The van der Waals surface area contributed by atoms with Crippen LogP contribution in [0.4, 0.5) is 0 Å². The van der Waals surface area contributed by atoms with Gasteiger partial charge >= 0.3 is 0 Å². The summed E-state index contributed by atoms with van der Waals surface area (Å²) in [5.74, 6) is 0. The quantitative estimate of drug-likeness (QED) is 0.721. The molecule has 0 heterocycles. The average Bonchev–Trinajstić information content (AvgIpc) is 2.30. The minimum Gasteiger partial charge on any atom is -0.305 e. The van der Waals surface area contributed by atoms with Crippen LogP contribution in [-0.4, -0.2) is 5.71 Å². The number of aryl methyl sites for hydroxylation is 1. The Morgan fingerprint density at radius 3 is 2.12 bits per heavy atom. The van der Waals surface area contributed by atoms with Gasteiger partial charge in [-0.2, -0.15) is 0 Å². The summed E-state index contributed by atoms with van der Waals surface area (Å²) in [5, 5.41) is 7.55. The number of hydrogen-bond donors (Lipinski definition) is 1. The molecule has 0 aromatic heterocycles. The van der Waals surface area contributed by atoms with Gasteiger partial charge in [-0.1, -0.05) is 48.5 Å². The third-order valence-electron chi connectivity index (χ3n) is 2.77. The van der Waals surface area contributed by atoms with Gasteiger partial charge in [-0.05, 0) is 36.1 Å². The summed E-state index contributed by atoms with van der Waals surface area (Å²) >= 11 is 0. The normalized spacial score (nSPS) is 10.1. The molecule has 1 N–H and O–H groups in total. The van der Waals surface area contributed by atoms with Crippen molar-refractivity contribution in [2.24, 2.45) is 0 Å². The van der Waals surface area contributed by atoms with Gasteiger partial charge in [0.1, 0.15) is 0 Å². The van der Waals surface area contributed by atoms with E-state index < -0.39 is 0 Å². The van der Waals surface area contributed by atoms with Crippen molar-refractivity contribution in [1.82, 2.24) is 0 Å². The van der Waals surface area contributed by atoms with E-state index >= 15 is 0 Å². The van der Waals surface area contributed by atoms with Crippen LogP contribution in [0.2, 0.25) is 0 Å². The SMILES string of the molecule is CC(=N)c1ccc(-c2ccccc2C)cc1. The van der Waals surface area contributed by atoms with E-state index in [0.717, 1.165) is 5.56 Å². The molecule has 0 bridgehead atoms. The van der Waals surface area contributed by atoms with Crippen molar-refractivity contribution in [2.75, 3.05) is 0 Å². The number of benzene rings is 2. The van der Waals surface area contributed by atoms with Crippen LogP contribution < -0.4 is 0 Å². The van der Waals surface area contributed by atoms with Gasteiger partial charge < -0.3 is 5.41 Å². The molecule has 2 aromatic carbocycles. The number of nitrogens with one attached hydrogen (secondary N) is 1. The molecular formula is C15H15N. The van der Waals surface area contributed by atoms with E-state index in [1.807, 2.05) is 19.1 Å². The molecule has 1 nitrogen and oxygen atoms in total. The lowest BCUT2D eigenvalue weighted by atomic mass is 9.99. The molecule has 0 saturated carbocycles. The van der Waals surface area contributed by atoms with Crippen molar-refractivity contribution >= 4 is 5.71 Å². The molecule has 0 saturated heterocycles. The molecule has 0 amide bonds. The summed E-state index contributed by atoms with van der Waals surface area (Å²) < 4.78 is 0. The fourth-order valence-corrected chi connectivity index (χ4v) is 1.80. The monoisotopic (exact) mass is 209 g/mol. The van der Waals surface area contributed by atoms with Crippen LogP contribution in [0.1, 0.15) is 18.1 Å². The van der Waals surface area contributed by atoms with E-state index in [4.69, 9.17) is 5.41 Å². The zero-order valence-corrected chi connectivity index (χ0v) is 9.62. The Labute approximate surface area is 96.3 Å². The second kappa shape index (κ2) is 4.31. The predicted molar refractivity (Wildman–Crippen MR) is 69.1 cm³/mol. The largest absolute Gasteiger partial charge is 0.305 e. The Morgan fingerprint density at radius 1 is 0.938 bits per heavy atom. The van der Waals surface area contributed by atoms with Gasteiger partial charge in [0.2, 0.25) is 0 Å². The highest BCUT2D eigenvalue weighted by molar-refractivity contribution is 5.96. The fraction of sp³-hybridized carbons (Fsp3) is 0.133. The molecule has 0 spiro atoms. The first-order chi connectivity index (χ1) is 7.68. The molecule has 0 radical (unpaired) electrons. The second-order valence-electron chi connectivity index (χ2n) is 4.02. The molecule has 16 heavy (non-hydrogen) atoms. The Kier molecular flexibility index (Phi) is 2.86. The summed E-state index contributed by atoms with van der Waals surface area (Å²) in [7, 11) is 0. The summed E-state index contributed by atoms with van der Waals surface area (Å²) in [5.41, 5.74) is 5.34. The van der Waals surface area contributed by atoms with Gasteiger partial charge in [-0.15, -0.1) is 0 Å². The van der Waals surface area contributed by atoms with Crippen molar-refractivity contribution in [3.8, 4) is 11.1 Å². The Bertz CT molecular complexity index is 509. The minimum absolute atomic E-state index is 0.608. The van der Waals surface area contributed by atoms with Crippen LogP contribution >= 0.6 is 0 Å². The van der Waals surface area contributed by atoms with E-state index in [9.17, 15) is 0 Å². The highest BCUT2D eigenvalue weighted by atomic mass is 14.4. The van der Waals surface area contributed by atoms with Crippen molar-refractivity contribution in [3.63, 3.8) is 0 Å². The van der Waals surface area contributed by atoms with E-state index in [1.54, 1.807) is 0 Å². The van der Waals surface area contributed by atoms with Crippen LogP contribution in [0, 0.1) is 12.3 Å². The molecule has 80 valence electrons. The first kappa shape index (κ1) is 10.6. The van der Waals surface area contributed by atoms with Gasteiger partial charge in [0.25, 0.3) is 0 Å². The lowest BCUT2D eigenvalue weighted by molar-refractivity contribution is 1.44. The van der Waals surface area contributed by atoms with E-state index in [0.29, 0.717) is 5.71 Å². The van der Waals surface area contributed by atoms with Crippen LogP contribution in [0.3, 0.4) is 0 Å². The predicted octanol–water partition coefficient (Wildman–Crippen LogP) is 4.05. The zero-order chi connectivity index (χ0) is 11.5. The Balaban J connectivity index is 2.43. The highest BCUT2D eigenvalue weighted by Crippen LogP contribution is 2.23. The standard InChI is InChI=1S/C15H15N/c1-11-5-3-4-6-15(11)14-9-7-13(8-10-14)12(2)16/h3-10,16H,1-2H3. The van der Waals surface area contributed by atoms with Crippen molar-refractivity contribution in [3.05, 3.63) is 59.7 Å². The molecule has 0 aliphatic carbocycles. The maximum absolute atomic E-state index is 7.55. The lowest BCUT2D eigenvalue weighted by Crippen LogP contribution is -1.91. The van der Waals surface area contributed by atoms with E-state index in [2.05, 4.69) is 43.3 Å². The van der Waals surface area contributed by atoms with Gasteiger partial charge in [0, 0.05) is 5.71 Å². The molecule has 0 aliphatic heterocycles. The summed E-state index contributed by atoms with van der Waals surface area (Å²) in [6, 6.07) is 16.5. The van der Waals surface area contributed by atoms with Gasteiger partial charge in [-0.3, -0.25) is 0 Å². The molecule has 0 atom stereocenters. The maximum Gasteiger partial charge on any atom is 0.0355 e. The first-order valence-electron chi connectivity index (χ1n) is 5.40. The second-order valence-corrected chi connectivity index (χ2v) is 4.02. The maximum atomic E-state index is 7.55. The lowest BCUT2D eigenvalue weighted by Gasteiger charge is -2.06. The molecule has 2 aromatic rings. The van der Waals surface area contributed by atoms with Gasteiger partial charge in [-0.25, -0.2) is 0 Å². The summed E-state index contributed by atoms with van der Waals surface area (Å²) in [4.78, 5) is 0. The topological polar surface area (TPSA) is 23.9 Å². The molecule has 0 unspecified atom stereocenters. The van der Waals surface area contributed by atoms with E-state index in [-0.39, 0.29) is 0 Å². The van der Waals surface area contributed by atoms with Gasteiger partial charge in [0.05, 0.1) is 0 Å². The summed E-state index contributed by atoms with van der Waals surface area (Å²) in [6.07, 6.45) is 0. The molecule has 1 heteroatoms. The van der Waals surface area contributed by atoms with Crippen molar-refractivity contribution in [1.29, 1.82) is 5.41 Å². The molecule has 2 rings (SSSR count). The molecule has 0 aliphatic rings. The number of rotatable bonds is 2. The van der Waals surface area contributed by atoms with E-state index in [1.165, 1.54) is 16.7 Å². The minimum atomic E-state index is 0.608. The van der Waals surface area contributed by atoms with Crippen molar-refractivity contribution in [2.45, 2.75) is 13.8 Å². The Hall–Kier alpha value is -1.89. The smallest absolute Gasteiger partial charge is 0.0355 e. The van der Waals surface area contributed by atoms with Gasteiger partial charge in [0.15, 0.2) is 0 Å². The first-order valence-corrected chi connectivity index (χ1v) is 5.40. The number of hydrogen-bond acceptors (Lipinski definition) is 1. The van der Waals surface area contributed by atoms with Crippen LogP contribution in [-0.2, 0) is 0 Å². The molecule has 0 fully saturated rings. The fourth-order valence-electron chi connectivity index (χ4n) is 1.80.